The normalized spacial score (nSPS) is 16.5. The van der Waals surface area contributed by atoms with Crippen LogP contribution in [0.4, 0.5) is 0 Å². The van der Waals surface area contributed by atoms with Gasteiger partial charge in [0.25, 0.3) is 5.91 Å². The number of aromatic nitrogens is 1. The summed E-state index contributed by atoms with van der Waals surface area (Å²) in [6.07, 6.45) is 0. The second-order valence-electron chi connectivity index (χ2n) is 6.07. The topological polar surface area (TPSA) is 34.5 Å². The van der Waals surface area contributed by atoms with E-state index in [-0.39, 0.29) is 11.9 Å². The molecule has 4 nitrogen and oxygen atoms in total. The van der Waals surface area contributed by atoms with Crippen molar-refractivity contribution >= 4 is 27.5 Å². The van der Waals surface area contributed by atoms with E-state index in [2.05, 4.69) is 35.1 Å². The zero-order valence-electron chi connectivity index (χ0n) is 13.6. The molecule has 4 rings (SSSR count). The summed E-state index contributed by atoms with van der Waals surface area (Å²) in [6.45, 7) is 4.73. The molecule has 1 amide bonds. The SMILES string of the molecule is C[C@H](c1ccccc1)n1c(C(=O)N2CCOCC2)cc2ccsc21. The molecule has 1 aliphatic rings. The molecule has 0 bridgehead atoms. The van der Waals surface area contributed by atoms with Gasteiger partial charge in [0.15, 0.2) is 0 Å². The van der Waals surface area contributed by atoms with Crippen LogP contribution < -0.4 is 0 Å². The quantitative estimate of drug-likeness (QED) is 0.727. The zero-order chi connectivity index (χ0) is 16.5. The molecule has 5 heteroatoms. The number of carbonyl (C=O) groups is 1. The minimum absolute atomic E-state index is 0.101. The minimum Gasteiger partial charge on any atom is -0.378 e. The fourth-order valence-electron chi connectivity index (χ4n) is 3.30. The van der Waals surface area contributed by atoms with Gasteiger partial charge in [0.2, 0.25) is 0 Å². The lowest BCUT2D eigenvalue weighted by Gasteiger charge is -2.28. The first kappa shape index (κ1) is 15.4. The van der Waals surface area contributed by atoms with Crippen molar-refractivity contribution in [1.82, 2.24) is 9.47 Å². The molecule has 124 valence electrons. The summed E-state index contributed by atoms with van der Waals surface area (Å²) in [5.41, 5.74) is 1.98. The second-order valence-corrected chi connectivity index (χ2v) is 6.97. The van der Waals surface area contributed by atoms with Crippen molar-refractivity contribution in [2.75, 3.05) is 26.3 Å². The minimum atomic E-state index is 0.101. The van der Waals surface area contributed by atoms with Gasteiger partial charge in [-0.1, -0.05) is 30.3 Å². The number of nitrogens with zero attached hydrogens (tertiary/aromatic N) is 2. The van der Waals surface area contributed by atoms with Crippen LogP contribution in [0.1, 0.15) is 29.0 Å². The van der Waals surface area contributed by atoms with Gasteiger partial charge in [0.1, 0.15) is 10.5 Å². The third-order valence-electron chi connectivity index (χ3n) is 4.63. The average molecular weight is 340 g/mol. The van der Waals surface area contributed by atoms with Crippen molar-refractivity contribution in [3.8, 4) is 0 Å². The lowest BCUT2D eigenvalue weighted by molar-refractivity contribution is 0.0295. The first-order valence-electron chi connectivity index (χ1n) is 8.26. The molecule has 1 aliphatic heterocycles. The van der Waals surface area contributed by atoms with E-state index in [1.807, 2.05) is 29.2 Å². The molecule has 3 aromatic rings. The number of carbonyl (C=O) groups excluding carboxylic acids is 1. The summed E-state index contributed by atoms with van der Waals surface area (Å²) < 4.78 is 7.57. The van der Waals surface area contributed by atoms with Crippen molar-refractivity contribution in [3.05, 3.63) is 59.1 Å². The molecule has 24 heavy (non-hydrogen) atoms. The van der Waals surface area contributed by atoms with Crippen LogP contribution in [0.5, 0.6) is 0 Å². The summed E-state index contributed by atoms with van der Waals surface area (Å²) in [5.74, 6) is 0.101. The highest BCUT2D eigenvalue weighted by molar-refractivity contribution is 7.16. The standard InChI is InChI=1S/C19H20N2O2S/c1-14(15-5-3-2-4-6-15)21-17(13-16-7-12-24-19(16)21)18(22)20-8-10-23-11-9-20/h2-7,12-14H,8-11H2,1H3/t14-/m1/s1. The van der Waals surface area contributed by atoms with E-state index in [9.17, 15) is 4.79 Å². The summed E-state index contributed by atoms with van der Waals surface area (Å²) in [4.78, 5) is 16.1. The maximum Gasteiger partial charge on any atom is 0.270 e. The van der Waals surface area contributed by atoms with Gasteiger partial charge in [-0.3, -0.25) is 4.79 Å². The summed E-state index contributed by atoms with van der Waals surface area (Å²) in [5, 5.41) is 3.22. The number of fused-ring (bicyclic) bond motifs is 1. The number of ether oxygens (including phenoxy) is 1. The van der Waals surface area contributed by atoms with E-state index in [1.54, 1.807) is 11.3 Å². The Morgan fingerprint density at radius 2 is 1.92 bits per heavy atom. The molecule has 0 spiro atoms. The number of amides is 1. The highest BCUT2D eigenvalue weighted by Gasteiger charge is 2.26. The van der Waals surface area contributed by atoms with Gasteiger partial charge in [-0.15, -0.1) is 11.3 Å². The molecule has 1 aromatic carbocycles. The highest BCUT2D eigenvalue weighted by Crippen LogP contribution is 2.32. The van der Waals surface area contributed by atoms with Gasteiger partial charge in [-0.2, -0.15) is 0 Å². The van der Waals surface area contributed by atoms with Crippen LogP contribution in [0, 0.1) is 0 Å². The van der Waals surface area contributed by atoms with Crippen LogP contribution in [0.2, 0.25) is 0 Å². The van der Waals surface area contributed by atoms with E-state index < -0.39 is 0 Å². The zero-order valence-corrected chi connectivity index (χ0v) is 14.5. The predicted molar refractivity (Wildman–Crippen MR) is 96.8 cm³/mol. The molecule has 1 saturated heterocycles. The number of morpholine rings is 1. The Hall–Kier alpha value is -2.11. The van der Waals surface area contributed by atoms with Crippen LogP contribution in [0.25, 0.3) is 10.2 Å². The number of hydrogen-bond donors (Lipinski definition) is 0. The molecule has 0 N–H and O–H groups in total. The van der Waals surface area contributed by atoms with Gasteiger partial charge in [0, 0.05) is 18.5 Å². The van der Waals surface area contributed by atoms with Crippen molar-refractivity contribution in [3.63, 3.8) is 0 Å². The highest BCUT2D eigenvalue weighted by atomic mass is 32.1. The fourth-order valence-corrected chi connectivity index (χ4v) is 4.28. The van der Waals surface area contributed by atoms with Crippen molar-refractivity contribution < 1.29 is 9.53 Å². The second kappa shape index (κ2) is 6.42. The van der Waals surface area contributed by atoms with Gasteiger partial charge < -0.3 is 14.2 Å². The molecule has 1 fully saturated rings. The van der Waals surface area contributed by atoms with Crippen LogP contribution in [-0.4, -0.2) is 41.7 Å². The van der Waals surface area contributed by atoms with E-state index in [1.165, 1.54) is 5.56 Å². The lowest BCUT2D eigenvalue weighted by Crippen LogP contribution is -2.41. The molecule has 0 radical (unpaired) electrons. The van der Waals surface area contributed by atoms with Crippen LogP contribution in [-0.2, 0) is 4.74 Å². The van der Waals surface area contributed by atoms with E-state index in [0.717, 1.165) is 15.9 Å². The van der Waals surface area contributed by atoms with E-state index in [4.69, 9.17) is 4.74 Å². The number of benzene rings is 1. The van der Waals surface area contributed by atoms with E-state index >= 15 is 0 Å². The first-order chi connectivity index (χ1) is 11.8. The lowest BCUT2D eigenvalue weighted by atomic mass is 10.1. The third-order valence-corrected chi connectivity index (χ3v) is 5.56. The maximum absolute atomic E-state index is 13.1. The smallest absolute Gasteiger partial charge is 0.270 e. The monoisotopic (exact) mass is 340 g/mol. The Bertz CT molecular complexity index is 847. The number of rotatable bonds is 3. The Balaban J connectivity index is 1.78. The maximum atomic E-state index is 13.1. The van der Waals surface area contributed by atoms with E-state index in [0.29, 0.717) is 26.3 Å². The average Bonchev–Trinajstić information content (AvgIpc) is 3.23. The first-order valence-corrected chi connectivity index (χ1v) is 9.14. The third kappa shape index (κ3) is 2.64. The van der Waals surface area contributed by atoms with Gasteiger partial charge >= 0.3 is 0 Å². The van der Waals surface area contributed by atoms with Crippen molar-refractivity contribution in [1.29, 1.82) is 0 Å². The molecular formula is C19H20N2O2S. The largest absolute Gasteiger partial charge is 0.378 e. The van der Waals surface area contributed by atoms with Crippen LogP contribution >= 0.6 is 11.3 Å². The molecule has 3 heterocycles. The van der Waals surface area contributed by atoms with Crippen molar-refractivity contribution in [2.24, 2.45) is 0 Å². The van der Waals surface area contributed by atoms with Gasteiger partial charge in [0.05, 0.1) is 19.3 Å². The van der Waals surface area contributed by atoms with Crippen LogP contribution in [0.3, 0.4) is 0 Å². The van der Waals surface area contributed by atoms with Crippen LogP contribution in [0.15, 0.2) is 47.8 Å². The fraction of sp³-hybridized carbons (Fsp3) is 0.316. The number of hydrogen-bond acceptors (Lipinski definition) is 3. The predicted octanol–water partition coefficient (Wildman–Crippen LogP) is 3.78. The summed E-state index contributed by atoms with van der Waals surface area (Å²) >= 11 is 1.69. The molecular weight excluding hydrogens is 320 g/mol. The Morgan fingerprint density at radius 1 is 1.17 bits per heavy atom. The Labute approximate surface area is 145 Å². The molecule has 0 saturated carbocycles. The van der Waals surface area contributed by atoms with Crippen molar-refractivity contribution in [2.45, 2.75) is 13.0 Å². The molecule has 1 atom stereocenters. The van der Waals surface area contributed by atoms with Gasteiger partial charge in [-0.05, 0) is 30.0 Å². The Kier molecular flexibility index (Phi) is 4.12. The number of thiophene rings is 1. The molecule has 0 aliphatic carbocycles. The molecule has 2 aromatic heterocycles. The molecule has 0 unspecified atom stereocenters. The Morgan fingerprint density at radius 3 is 2.67 bits per heavy atom. The van der Waals surface area contributed by atoms with Gasteiger partial charge in [-0.25, -0.2) is 0 Å². The summed E-state index contributed by atoms with van der Waals surface area (Å²) in [6, 6.07) is 14.6. The summed E-state index contributed by atoms with van der Waals surface area (Å²) in [7, 11) is 0.